The van der Waals surface area contributed by atoms with Gasteiger partial charge in [-0.2, -0.15) is 0 Å². The van der Waals surface area contributed by atoms with E-state index < -0.39 is 23.1 Å². The van der Waals surface area contributed by atoms with Gasteiger partial charge in [0.25, 0.3) is 5.91 Å². The van der Waals surface area contributed by atoms with Crippen molar-refractivity contribution in [2.24, 2.45) is 5.92 Å². The van der Waals surface area contributed by atoms with Gasteiger partial charge in [-0.3, -0.25) is 9.59 Å². The third kappa shape index (κ3) is 3.97. The van der Waals surface area contributed by atoms with Crippen molar-refractivity contribution < 1.29 is 23.1 Å². The molecule has 0 atom stereocenters. The molecule has 2 aliphatic rings. The van der Waals surface area contributed by atoms with Crippen molar-refractivity contribution in [1.29, 1.82) is 0 Å². The second-order valence-corrected chi connectivity index (χ2v) is 6.97. The van der Waals surface area contributed by atoms with Crippen LogP contribution in [0.2, 0.25) is 0 Å². The maximum atomic E-state index is 14.1. The fourth-order valence-electron chi connectivity index (χ4n) is 3.73. The molecule has 2 saturated heterocycles. The first-order valence-corrected chi connectivity index (χ1v) is 9.09. The van der Waals surface area contributed by atoms with Crippen LogP contribution >= 0.6 is 0 Å². The van der Waals surface area contributed by atoms with E-state index in [-0.39, 0.29) is 11.7 Å². The molecule has 0 N–H and O–H groups in total. The van der Waals surface area contributed by atoms with Crippen molar-refractivity contribution >= 4 is 11.8 Å². The first kappa shape index (κ1) is 18.6. The molecule has 1 aromatic rings. The molecule has 0 bridgehead atoms. The first-order chi connectivity index (χ1) is 12.5. The monoisotopic (exact) mass is 366 g/mol. The maximum Gasteiger partial charge on any atom is 0.259 e. The summed E-state index contributed by atoms with van der Waals surface area (Å²) < 4.78 is 33.0. The molecule has 5 nitrogen and oxygen atoms in total. The Morgan fingerprint density at radius 2 is 1.85 bits per heavy atom. The van der Waals surface area contributed by atoms with Gasteiger partial charge in [0, 0.05) is 44.7 Å². The molecule has 0 spiro atoms. The van der Waals surface area contributed by atoms with Crippen molar-refractivity contribution in [2.45, 2.75) is 32.1 Å². The van der Waals surface area contributed by atoms with E-state index in [4.69, 9.17) is 4.74 Å². The van der Waals surface area contributed by atoms with Crippen LogP contribution in [0.25, 0.3) is 0 Å². The summed E-state index contributed by atoms with van der Waals surface area (Å²) in [5, 5.41) is 0. The highest BCUT2D eigenvalue weighted by Gasteiger charge is 2.29. The van der Waals surface area contributed by atoms with E-state index in [2.05, 4.69) is 0 Å². The van der Waals surface area contributed by atoms with Gasteiger partial charge in [-0.25, -0.2) is 8.78 Å². The number of rotatable bonds is 5. The number of methoxy groups -OCH3 is 1. The van der Waals surface area contributed by atoms with Gasteiger partial charge in [-0.15, -0.1) is 0 Å². The number of amides is 2. The number of nitrogens with zero attached hydrogens (tertiary/aromatic N) is 2. The van der Waals surface area contributed by atoms with E-state index in [1.807, 2.05) is 4.90 Å². The Balaban J connectivity index is 1.54. The summed E-state index contributed by atoms with van der Waals surface area (Å²) in [6, 6.07) is 2.05. The molecule has 2 fully saturated rings. The van der Waals surface area contributed by atoms with Crippen LogP contribution in [-0.2, 0) is 4.79 Å². The van der Waals surface area contributed by atoms with Crippen LogP contribution in [0.15, 0.2) is 12.1 Å². The number of halogens is 2. The van der Waals surface area contributed by atoms with Crippen molar-refractivity contribution in [1.82, 2.24) is 9.80 Å². The lowest BCUT2D eigenvalue weighted by atomic mass is 9.93. The van der Waals surface area contributed by atoms with E-state index in [1.165, 1.54) is 12.0 Å². The van der Waals surface area contributed by atoms with Crippen LogP contribution in [0.5, 0.6) is 5.75 Å². The highest BCUT2D eigenvalue weighted by molar-refractivity contribution is 5.95. The van der Waals surface area contributed by atoms with E-state index in [9.17, 15) is 18.4 Å². The second kappa shape index (κ2) is 8.01. The minimum absolute atomic E-state index is 0.0479. The molecule has 142 valence electrons. The van der Waals surface area contributed by atoms with Crippen molar-refractivity contribution in [3.63, 3.8) is 0 Å². The smallest absolute Gasteiger partial charge is 0.259 e. The lowest BCUT2D eigenvalue weighted by Gasteiger charge is -2.33. The minimum atomic E-state index is -0.901. The molecule has 2 heterocycles. The first-order valence-electron chi connectivity index (χ1n) is 9.09. The van der Waals surface area contributed by atoms with E-state index >= 15 is 0 Å². The third-order valence-electron chi connectivity index (χ3n) is 5.35. The lowest BCUT2D eigenvalue weighted by molar-refractivity contribution is -0.127. The van der Waals surface area contributed by atoms with E-state index in [0.717, 1.165) is 50.9 Å². The van der Waals surface area contributed by atoms with E-state index in [0.29, 0.717) is 25.4 Å². The Kier molecular flexibility index (Phi) is 5.74. The van der Waals surface area contributed by atoms with Gasteiger partial charge < -0.3 is 14.5 Å². The molecular weight excluding hydrogens is 342 g/mol. The average molecular weight is 366 g/mol. The van der Waals surface area contributed by atoms with Gasteiger partial charge >= 0.3 is 0 Å². The Hall–Kier alpha value is -2.18. The maximum absolute atomic E-state index is 14.1. The quantitative estimate of drug-likeness (QED) is 0.805. The molecule has 0 aliphatic carbocycles. The molecule has 26 heavy (non-hydrogen) atoms. The largest absolute Gasteiger partial charge is 0.497 e. The Labute approximate surface area is 151 Å². The summed E-state index contributed by atoms with van der Waals surface area (Å²) in [6.45, 7) is 2.55. The zero-order chi connectivity index (χ0) is 18.7. The fraction of sp³-hybridized carbons (Fsp3) is 0.579. The summed E-state index contributed by atoms with van der Waals surface area (Å²) in [5.74, 6) is -1.72. The zero-order valence-electron chi connectivity index (χ0n) is 15.0. The van der Waals surface area contributed by atoms with Crippen molar-refractivity contribution in [3.05, 3.63) is 29.3 Å². The van der Waals surface area contributed by atoms with E-state index in [1.54, 1.807) is 0 Å². The number of hydrogen-bond donors (Lipinski definition) is 0. The van der Waals surface area contributed by atoms with Gasteiger partial charge in [0.05, 0.1) is 7.11 Å². The summed E-state index contributed by atoms with van der Waals surface area (Å²) in [6.07, 6.45) is 4.07. The van der Waals surface area contributed by atoms with Crippen LogP contribution < -0.4 is 4.74 Å². The molecule has 2 aliphatic heterocycles. The second-order valence-electron chi connectivity index (χ2n) is 6.97. The summed E-state index contributed by atoms with van der Waals surface area (Å²) >= 11 is 0. The number of carbonyl (C=O) groups excluding carboxylic acids is 2. The van der Waals surface area contributed by atoms with Crippen LogP contribution in [0.4, 0.5) is 8.78 Å². The van der Waals surface area contributed by atoms with Gasteiger partial charge in [0.1, 0.15) is 22.9 Å². The highest BCUT2D eigenvalue weighted by atomic mass is 19.1. The number of carbonyl (C=O) groups is 2. The number of piperidine rings is 1. The normalized spacial score (nSPS) is 18.5. The molecule has 3 rings (SSSR count). The predicted octanol–water partition coefficient (Wildman–Crippen LogP) is 2.84. The van der Waals surface area contributed by atoms with Crippen LogP contribution in [0.3, 0.4) is 0 Å². The summed E-state index contributed by atoms with van der Waals surface area (Å²) in [5.41, 5.74) is -0.521. The average Bonchev–Trinajstić information content (AvgIpc) is 3.04. The minimum Gasteiger partial charge on any atom is -0.497 e. The standard InChI is InChI=1S/C19H24F2N2O3/c1-26-14-11-15(20)18(16(21)12-14)19(25)23-9-5-13(6-10-23)4-8-22-7-2-3-17(22)24/h11-13H,2-10H2,1H3. The molecule has 7 heteroatoms. The van der Waals surface area contributed by atoms with Crippen molar-refractivity contribution in [2.75, 3.05) is 33.3 Å². The molecule has 2 amide bonds. The Morgan fingerprint density at radius 3 is 2.38 bits per heavy atom. The molecule has 0 saturated carbocycles. The molecule has 1 aromatic carbocycles. The number of likely N-dealkylation sites (tertiary alicyclic amines) is 2. The van der Waals surface area contributed by atoms with Gasteiger partial charge in [-0.05, 0) is 31.6 Å². The van der Waals surface area contributed by atoms with Gasteiger partial charge in [-0.1, -0.05) is 0 Å². The van der Waals surface area contributed by atoms with Crippen molar-refractivity contribution in [3.8, 4) is 5.75 Å². The third-order valence-corrected chi connectivity index (χ3v) is 5.35. The predicted molar refractivity (Wildman–Crippen MR) is 92.0 cm³/mol. The topological polar surface area (TPSA) is 49.9 Å². The Morgan fingerprint density at radius 1 is 1.19 bits per heavy atom. The van der Waals surface area contributed by atoms with Gasteiger partial charge in [0.15, 0.2) is 0 Å². The van der Waals surface area contributed by atoms with Crippen LogP contribution in [-0.4, -0.2) is 54.9 Å². The number of hydrogen-bond acceptors (Lipinski definition) is 3. The molecular formula is C19H24F2N2O3. The SMILES string of the molecule is COc1cc(F)c(C(=O)N2CCC(CCN3CCCC3=O)CC2)c(F)c1. The number of ether oxygens (including phenoxy) is 1. The molecule has 0 radical (unpaired) electrons. The summed E-state index contributed by atoms with van der Waals surface area (Å²) in [7, 11) is 1.32. The summed E-state index contributed by atoms with van der Waals surface area (Å²) in [4.78, 5) is 27.6. The Bertz CT molecular complexity index is 664. The molecule has 0 unspecified atom stereocenters. The fourth-order valence-corrected chi connectivity index (χ4v) is 3.73. The lowest BCUT2D eigenvalue weighted by Crippen LogP contribution is -2.40. The van der Waals surface area contributed by atoms with Gasteiger partial charge in [0.2, 0.25) is 5.91 Å². The van der Waals surface area contributed by atoms with Crippen LogP contribution in [0.1, 0.15) is 42.5 Å². The highest BCUT2D eigenvalue weighted by Crippen LogP contribution is 2.26. The number of benzene rings is 1. The van der Waals surface area contributed by atoms with Crippen LogP contribution in [0, 0.1) is 17.6 Å². The zero-order valence-corrected chi connectivity index (χ0v) is 15.0. The molecule has 0 aromatic heterocycles.